The third kappa shape index (κ3) is 4.20. The molecule has 0 aromatic heterocycles. The molecule has 2 heterocycles. The van der Waals surface area contributed by atoms with Gasteiger partial charge in [0.1, 0.15) is 0 Å². The third-order valence-corrected chi connectivity index (χ3v) is 6.38. The summed E-state index contributed by atoms with van der Waals surface area (Å²) >= 11 is 6.03. The molecule has 2 bridgehead atoms. The van der Waals surface area contributed by atoms with Gasteiger partial charge in [0.05, 0.1) is 0 Å². The molecular weight excluding hydrogens is 356 g/mol. The van der Waals surface area contributed by atoms with Crippen molar-refractivity contribution in [3.05, 3.63) is 70.2 Å². The average Bonchev–Trinajstić information content (AvgIpc) is 2.64. The zero-order valence-corrected chi connectivity index (χ0v) is 16.6. The number of nitrogens with one attached hydrogen (secondary N) is 1. The Hall–Kier alpha value is -1.84. The van der Waals surface area contributed by atoms with Crippen LogP contribution in [0, 0.1) is 6.92 Å². The summed E-state index contributed by atoms with van der Waals surface area (Å²) in [6.07, 6.45) is 5.83. The van der Waals surface area contributed by atoms with E-state index in [0.29, 0.717) is 12.1 Å². The van der Waals surface area contributed by atoms with Gasteiger partial charge in [-0.05, 0) is 61.9 Å². The van der Waals surface area contributed by atoms with E-state index in [2.05, 4.69) is 22.3 Å². The molecule has 4 rings (SSSR count). The van der Waals surface area contributed by atoms with E-state index >= 15 is 0 Å². The van der Waals surface area contributed by atoms with Crippen LogP contribution in [0.5, 0.6) is 0 Å². The Morgan fingerprint density at radius 2 is 1.74 bits per heavy atom. The smallest absolute Gasteiger partial charge is 0.251 e. The highest BCUT2D eigenvalue weighted by Gasteiger charge is 2.38. The van der Waals surface area contributed by atoms with Crippen LogP contribution in [0.1, 0.15) is 53.6 Å². The molecule has 3 nitrogen and oxygen atoms in total. The van der Waals surface area contributed by atoms with Crippen molar-refractivity contribution in [2.24, 2.45) is 0 Å². The van der Waals surface area contributed by atoms with Crippen LogP contribution in [0.25, 0.3) is 0 Å². The van der Waals surface area contributed by atoms with Crippen LogP contribution in [0.15, 0.2) is 48.5 Å². The molecule has 0 spiro atoms. The van der Waals surface area contributed by atoms with Crippen LogP contribution in [0.3, 0.4) is 0 Å². The van der Waals surface area contributed by atoms with Gasteiger partial charge in [-0.25, -0.2) is 0 Å². The van der Waals surface area contributed by atoms with E-state index in [-0.39, 0.29) is 11.9 Å². The van der Waals surface area contributed by atoms with Gasteiger partial charge in [0, 0.05) is 35.3 Å². The lowest BCUT2D eigenvalue weighted by molar-refractivity contribution is 0.0177. The fraction of sp³-hybridized carbons (Fsp3) is 0.435. The van der Waals surface area contributed by atoms with Crippen molar-refractivity contribution in [1.29, 1.82) is 0 Å². The van der Waals surface area contributed by atoms with Gasteiger partial charge in [-0.15, -0.1) is 0 Å². The van der Waals surface area contributed by atoms with E-state index < -0.39 is 0 Å². The summed E-state index contributed by atoms with van der Waals surface area (Å²) in [5.41, 5.74) is 3.15. The van der Waals surface area contributed by atoms with Crippen LogP contribution < -0.4 is 5.32 Å². The van der Waals surface area contributed by atoms with Gasteiger partial charge >= 0.3 is 0 Å². The van der Waals surface area contributed by atoms with Gasteiger partial charge in [-0.1, -0.05) is 48.4 Å². The minimum Gasteiger partial charge on any atom is -0.349 e. The lowest BCUT2D eigenvalue weighted by Gasteiger charge is -2.49. The van der Waals surface area contributed by atoms with Crippen LogP contribution >= 0.6 is 11.6 Å². The van der Waals surface area contributed by atoms with Crippen molar-refractivity contribution in [1.82, 2.24) is 10.2 Å². The summed E-state index contributed by atoms with van der Waals surface area (Å²) in [6.45, 7) is 2.98. The molecule has 0 unspecified atom stereocenters. The highest BCUT2D eigenvalue weighted by molar-refractivity contribution is 6.30. The number of aryl methyl sites for hydroxylation is 1. The van der Waals surface area contributed by atoms with Gasteiger partial charge < -0.3 is 5.32 Å². The lowest BCUT2D eigenvalue weighted by Crippen LogP contribution is -2.56. The minimum atomic E-state index is 0.0716. The average molecular weight is 383 g/mol. The number of amides is 1. The summed E-state index contributed by atoms with van der Waals surface area (Å²) in [5.74, 6) is 0.0716. The Morgan fingerprint density at radius 1 is 1.07 bits per heavy atom. The first-order valence-electron chi connectivity index (χ1n) is 9.97. The number of hydrogen-bond donors (Lipinski definition) is 1. The molecule has 2 saturated heterocycles. The number of benzene rings is 2. The minimum absolute atomic E-state index is 0.0716. The highest BCUT2D eigenvalue weighted by Crippen LogP contribution is 2.35. The predicted molar refractivity (Wildman–Crippen MR) is 110 cm³/mol. The molecule has 2 aliphatic rings. The van der Waals surface area contributed by atoms with Gasteiger partial charge in [-0.2, -0.15) is 0 Å². The molecule has 2 aromatic carbocycles. The van der Waals surface area contributed by atoms with Crippen molar-refractivity contribution >= 4 is 17.5 Å². The molecule has 2 aliphatic heterocycles. The number of rotatable bonds is 4. The van der Waals surface area contributed by atoms with E-state index in [4.69, 9.17) is 11.6 Å². The topological polar surface area (TPSA) is 32.3 Å². The standard InChI is InChI=1S/C23H27ClN2O/c1-16-5-2-3-8-22(16)23(27)25-19-13-20-6-4-7-21(14-19)26(20)15-17-9-11-18(24)12-10-17/h2-3,5,8-12,19-21H,4,6-7,13-15H2,1H3,(H,25,27)/t20-,21-/m0/s1. The second-order valence-electron chi connectivity index (χ2n) is 7.99. The van der Waals surface area contributed by atoms with Gasteiger partial charge in [0.25, 0.3) is 5.91 Å². The van der Waals surface area contributed by atoms with E-state index in [1.54, 1.807) is 0 Å². The van der Waals surface area contributed by atoms with Gasteiger partial charge in [0.15, 0.2) is 0 Å². The van der Waals surface area contributed by atoms with Crippen LogP contribution in [-0.4, -0.2) is 28.9 Å². The molecule has 2 aromatic rings. The van der Waals surface area contributed by atoms with Crippen LogP contribution in [0.2, 0.25) is 5.02 Å². The summed E-state index contributed by atoms with van der Waals surface area (Å²) < 4.78 is 0. The van der Waals surface area contributed by atoms with Crippen molar-refractivity contribution < 1.29 is 4.79 Å². The van der Waals surface area contributed by atoms with Crippen LogP contribution in [0.4, 0.5) is 0 Å². The monoisotopic (exact) mass is 382 g/mol. The second-order valence-corrected chi connectivity index (χ2v) is 8.43. The molecule has 142 valence electrons. The first-order valence-corrected chi connectivity index (χ1v) is 10.3. The SMILES string of the molecule is Cc1ccccc1C(=O)NC1C[C@@H]2CCC[C@@H](C1)N2Cc1ccc(Cl)cc1. The van der Waals surface area contributed by atoms with Crippen molar-refractivity contribution in [2.45, 2.75) is 63.7 Å². The Kier molecular flexibility index (Phi) is 5.51. The molecule has 2 atom stereocenters. The number of fused-ring (bicyclic) bond motifs is 2. The molecule has 27 heavy (non-hydrogen) atoms. The molecule has 0 saturated carbocycles. The number of piperidine rings is 2. The lowest BCUT2D eigenvalue weighted by atomic mass is 9.81. The first-order chi connectivity index (χ1) is 13.1. The van der Waals surface area contributed by atoms with Crippen molar-refractivity contribution in [3.8, 4) is 0 Å². The fourth-order valence-corrected chi connectivity index (χ4v) is 4.87. The Morgan fingerprint density at radius 3 is 2.41 bits per heavy atom. The third-order valence-electron chi connectivity index (χ3n) is 6.13. The first kappa shape index (κ1) is 18.5. The molecule has 1 amide bonds. The maximum Gasteiger partial charge on any atom is 0.251 e. The summed E-state index contributed by atoms with van der Waals surface area (Å²) in [4.78, 5) is 15.4. The zero-order valence-electron chi connectivity index (χ0n) is 15.8. The number of carbonyl (C=O) groups excluding carboxylic acids is 1. The van der Waals surface area contributed by atoms with E-state index in [0.717, 1.165) is 35.5 Å². The Balaban J connectivity index is 1.42. The molecule has 1 N–H and O–H groups in total. The number of halogens is 1. The van der Waals surface area contributed by atoms with Crippen molar-refractivity contribution in [3.63, 3.8) is 0 Å². The molecule has 0 radical (unpaired) electrons. The molecule has 2 fully saturated rings. The van der Waals surface area contributed by atoms with E-state index in [1.807, 2.05) is 43.3 Å². The van der Waals surface area contributed by atoms with Crippen LogP contribution in [-0.2, 0) is 6.54 Å². The second kappa shape index (κ2) is 8.04. The number of hydrogen-bond acceptors (Lipinski definition) is 2. The zero-order chi connectivity index (χ0) is 18.8. The molecule has 0 aliphatic carbocycles. The quantitative estimate of drug-likeness (QED) is 0.810. The van der Waals surface area contributed by atoms with E-state index in [9.17, 15) is 4.79 Å². The normalized spacial score (nSPS) is 25.2. The Bertz CT molecular complexity index is 790. The summed E-state index contributed by atoms with van der Waals surface area (Å²) in [7, 11) is 0. The highest BCUT2D eigenvalue weighted by atomic mass is 35.5. The predicted octanol–water partition coefficient (Wildman–Crippen LogP) is 4.96. The molecular formula is C23H27ClN2O. The largest absolute Gasteiger partial charge is 0.349 e. The van der Waals surface area contributed by atoms with E-state index in [1.165, 1.54) is 24.8 Å². The number of carbonyl (C=O) groups is 1. The summed E-state index contributed by atoms with van der Waals surface area (Å²) in [5, 5.41) is 4.10. The maximum absolute atomic E-state index is 12.7. The fourth-order valence-electron chi connectivity index (χ4n) is 4.75. The van der Waals surface area contributed by atoms with Gasteiger partial charge in [0.2, 0.25) is 0 Å². The maximum atomic E-state index is 12.7. The van der Waals surface area contributed by atoms with Crippen molar-refractivity contribution in [2.75, 3.05) is 0 Å². The Labute approximate surface area is 166 Å². The number of nitrogens with zero attached hydrogens (tertiary/aromatic N) is 1. The molecule has 4 heteroatoms. The summed E-state index contributed by atoms with van der Waals surface area (Å²) in [6, 6.07) is 17.4. The van der Waals surface area contributed by atoms with Gasteiger partial charge in [-0.3, -0.25) is 9.69 Å².